The fraction of sp³-hybridized carbons (Fsp3) is 0.355. The molecule has 1 atom stereocenters. The van der Waals surface area contributed by atoms with Gasteiger partial charge in [0, 0.05) is 29.1 Å². The zero-order valence-corrected chi connectivity index (χ0v) is 25.6. The first-order chi connectivity index (χ1) is 19.5. The summed E-state index contributed by atoms with van der Waals surface area (Å²) in [4.78, 5) is 29.6. The van der Waals surface area contributed by atoms with Crippen molar-refractivity contribution >= 4 is 50.7 Å². The van der Waals surface area contributed by atoms with Crippen molar-refractivity contribution in [3.8, 4) is 0 Å². The molecule has 0 aliphatic heterocycles. The summed E-state index contributed by atoms with van der Waals surface area (Å²) in [6.07, 6.45) is 5.18. The number of nitrogens with one attached hydrogen (secondary N) is 1. The van der Waals surface area contributed by atoms with E-state index in [2.05, 4.69) is 5.32 Å². The first-order valence-corrected chi connectivity index (χ1v) is 16.2. The van der Waals surface area contributed by atoms with Crippen LogP contribution in [-0.2, 0) is 32.6 Å². The monoisotopic (exact) mass is 615 g/mol. The minimum absolute atomic E-state index is 0.0468. The number of rotatable bonds is 11. The molecule has 41 heavy (non-hydrogen) atoms. The van der Waals surface area contributed by atoms with Crippen LogP contribution in [0.25, 0.3) is 0 Å². The Morgan fingerprint density at radius 3 is 2.27 bits per heavy atom. The molecule has 1 fully saturated rings. The molecule has 1 saturated carbocycles. The number of anilines is 1. The zero-order valence-electron chi connectivity index (χ0n) is 23.2. The van der Waals surface area contributed by atoms with Crippen molar-refractivity contribution < 1.29 is 18.0 Å². The number of carbonyl (C=O) groups excluding carboxylic acids is 2. The van der Waals surface area contributed by atoms with Crippen molar-refractivity contribution in [2.24, 2.45) is 0 Å². The van der Waals surface area contributed by atoms with Crippen LogP contribution in [0.1, 0.15) is 42.4 Å². The van der Waals surface area contributed by atoms with Crippen LogP contribution in [0.4, 0.5) is 5.69 Å². The molecule has 0 spiro atoms. The number of nitrogens with zero attached hydrogens (tertiary/aromatic N) is 2. The molecule has 0 saturated heterocycles. The molecule has 7 nitrogen and oxygen atoms in total. The van der Waals surface area contributed by atoms with Crippen LogP contribution in [0.3, 0.4) is 0 Å². The van der Waals surface area contributed by atoms with E-state index >= 15 is 0 Å². The maximum absolute atomic E-state index is 14.2. The maximum Gasteiger partial charge on any atom is 0.244 e. The first kappa shape index (κ1) is 30.9. The standard InChI is InChI=1S/C31H35Cl2N3O4S/c1-22-27(33)16-9-17-28(22)36(41(2,39)40)21-30(37)35(20-24-12-8-13-25(32)18-24)29(19-23-10-4-3-5-11-23)31(38)34-26-14-6-7-15-26/h3-5,8-13,16-18,26,29H,6-7,14-15,19-21H2,1-2H3,(H,34,38)/t29-/m1/s1. The summed E-state index contributed by atoms with van der Waals surface area (Å²) in [5, 5.41) is 4.04. The van der Waals surface area contributed by atoms with Gasteiger partial charge in [-0.3, -0.25) is 13.9 Å². The van der Waals surface area contributed by atoms with E-state index in [0.29, 0.717) is 21.3 Å². The highest BCUT2D eigenvalue weighted by Gasteiger charge is 2.34. The third-order valence-electron chi connectivity index (χ3n) is 7.40. The summed E-state index contributed by atoms with van der Waals surface area (Å²) in [5.74, 6) is -0.779. The van der Waals surface area contributed by atoms with Crippen molar-refractivity contribution in [1.29, 1.82) is 0 Å². The van der Waals surface area contributed by atoms with Crippen LogP contribution < -0.4 is 9.62 Å². The van der Waals surface area contributed by atoms with Crippen LogP contribution in [0.2, 0.25) is 10.0 Å². The van der Waals surface area contributed by atoms with Crippen LogP contribution in [0.5, 0.6) is 0 Å². The van der Waals surface area contributed by atoms with Crippen LogP contribution in [0, 0.1) is 6.92 Å². The van der Waals surface area contributed by atoms with Gasteiger partial charge in [0.2, 0.25) is 21.8 Å². The highest BCUT2D eigenvalue weighted by molar-refractivity contribution is 7.92. The lowest BCUT2D eigenvalue weighted by atomic mass is 10.0. The molecule has 10 heteroatoms. The van der Waals surface area contributed by atoms with E-state index in [1.807, 2.05) is 36.4 Å². The fourth-order valence-corrected chi connectivity index (χ4v) is 6.50. The Labute approximate surface area is 252 Å². The molecule has 0 heterocycles. The molecule has 0 aromatic heterocycles. The van der Waals surface area contributed by atoms with Crippen LogP contribution in [0.15, 0.2) is 72.8 Å². The van der Waals surface area contributed by atoms with E-state index in [4.69, 9.17) is 23.2 Å². The van der Waals surface area contributed by atoms with Gasteiger partial charge in [0.05, 0.1) is 11.9 Å². The lowest BCUT2D eigenvalue weighted by Gasteiger charge is -2.34. The predicted octanol–water partition coefficient (Wildman–Crippen LogP) is 5.77. The second-order valence-corrected chi connectivity index (χ2v) is 13.3. The molecule has 2 amide bonds. The summed E-state index contributed by atoms with van der Waals surface area (Å²) in [6.45, 7) is 1.28. The number of amides is 2. The highest BCUT2D eigenvalue weighted by atomic mass is 35.5. The third kappa shape index (κ3) is 8.24. The Morgan fingerprint density at radius 1 is 0.951 bits per heavy atom. The highest BCUT2D eigenvalue weighted by Crippen LogP contribution is 2.29. The van der Waals surface area contributed by atoms with Crippen molar-refractivity contribution in [3.63, 3.8) is 0 Å². The molecule has 1 aliphatic carbocycles. The number of sulfonamides is 1. The smallest absolute Gasteiger partial charge is 0.244 e. The minimum Gasteiger partial charge on any atom is -0.352 e. The Morgan fingerprint density at radius 2 is 1.61 bits per heavy atom. The number of benzene rings is 3. The molecule has 0 unspecified atom stereocenters. The van der Waals surface area contributed by atoms with Gasteiger partial charge < -0.3 is 10.2 Å². The number of hydrogen-bond donors (Lipinski definition) is 1. The molecule has 1 aliphatic rings. The van der Waals surface area contributed by atoms with Crippen molar-refractivity contribution in [2.45, 2.75) is 57.7 Å². The van der Waals surface area contributed by atoms with Gasteiger partial charge in [-0.1, -0.05) is 84.6 Å². The largest absolute Gasteiger partial charge is 0.352 e. The lowest BCUT2D eigenvalue weighted by molar-refractivity contribution is -0.140. The van der Waals surface area contributed by atoms with Crippen molar-refractivity contribution in [3.05, 3.63) is 99.5 Å². The maximum atomic E-state index is 14.2. The van der Waals surface area contributed by atoms with Gasteiger partial charge in [-0.15, -0.1) is 0 Å². The van der Waals surface area contributed by atoms with Gasteiger partial charge in [0.1, 0.15) is 12.6 Å². The summed E-state index contributed by atoms with van der Waals surface area (Å²) in [6, 6.07) is 20.7. The van der Waals surface area contributed by atoms with Crippen LogP contribution in [-0.4, -0.2) is 50.0 Å². The molecule has 4 rings (SSSR count). The molecule has 218 valence electrons. The summed E-state index contributed by atoms with van der Waals surface area (Å²) >= 11 is 12.6. The summed E-state index contributed by atoms with van der Waals surface area (Å²) in [5.41, 5.74) is 2.45. The van der Waals surface area contributed by atoms with Crippen LogP contribution >= 0.6 is 23.2 Å². The van der Waals surface area contributed by atoms with Crippen molar-refractivity contribution in [2.75, 3.05) is 17.1 Å². The van der Waals surface area contributed by atoms with E-state index in [9.17, 15) is 18.0 Å². The van der Waals surface area contributed by atoms with Crippen molar-refractivity contribution in [1.82, 2.24) is 10.2 Å². The second-order valence-electron chi connectivity index (χ2n) is 10.5. The Bertz CT molecular complexity index is 1480. The lowest BCUT2D eigenvalue weighted by Crippen LogP contribution is -2.54. The van der Waals surface area contributed by atoms with Gasteiger partial charge in [-0.05, 0) is 60.7 Å². The Kier molecular flexibility index (Phi) is 10.3. The van der Waals surface area contributed by atoms with E-state index in [0.717, 1.165) is 47.4 Å². The second kappa shape index (κ2) is 13.7. The van der Waals surface area contributed by atoms with Gasteiger partial charge in [0.15, 0.2) is 0 Å². The van der Waals surface area contributed by atoms with Gasteiger partial charge in [0.25, 0.3) is 0 Å². The summed E-state index contributed by atoms with van der Waals surface area (Å²) in [7, 11) is -3.88. The Hall–Kier alpha value is -3.07. The normalized spacial score (nSPS) is 14.4. The molecular weight excluding hydrogens is 581 g/mol. The first-order valence-electron chi connectivity index (χ1n) is 13.6. The summed E-state index contributed by atoms with van der Waals surface area (Å²) < 4.78 is 27.0. The van der Waals surface area contributed by atoms with E-state index in [1.165, 1.54) is 4.90 Å². The Balaban J connectivity index is 1.74. The quantitative estimate of drug-likeness (QED) is 0.297. The van der Waals surface area contributed by atoms with Gasteiger partial charge in [-0.25, -0.2) is 8.42 Å². The molecule has 3 aromatic carbocycles. The van der Waals surface area contributed by atoms with E-state index in [-0.39, 0.29) is 24.9 Å². The molecule has 0 bridgehead atoms. The number of hydrogen-bond acceptors (Lipinski definition) is 4. The average molecular weight is 617 g/mol. The SMILES string of the molecule is Cc1c(Cl)cccc1N(CC(=O)N(Cc1cccc(Cl)c1)[C@H](Cc1ccccc1)C(=O)NC1CCCC1)S(C)(=O)=O. The number of halogens is 2. The fourth-order valence-electron chi connectivity index (χ4n) is 5.21. The number of carbonyl (C=O) groups is 2. The molecule has 0 radical (unpaired) electrons. The third-order valence-corrected chi connectivity index (χ3v) is 9.17. The molecule has 1 N–H and O–H groups in total. The molecular formula is C31H35Cl2N3O4S. The minimum atomic E-state index is -3.88. The van der Waals surface area contributed by atoms with Gasteiger partial charge in [-0.2, -0.15) is 0 Å². The predicted molar refractivity (Wildman–Crippen MR) is 165 cm³/mol. The molecule has 3 aromatic rings. The van der Waals surface area contributed by atoms with Gasteiger partial charge >= 0.3 is 0 Å². The average Bonchev–Trinajstić information content (AvgIpc) is 3.44. The zero-order chi connectivity index (χ0) is 29.6. The van der Waals surface area contributed by atoms with E-state index < -0.39 is 28.5 Å². The topological polar surface area (TPSA) is 86.8 Å². The van der Waals surface area contributed by atoms with E-state index in [1.54, 1.807) is 43.3 Å².